The number of aryl methyl sites for hydroxylation is 1. The molecule has 0 atom stereocenters. The van der Waals surface area contributed by atoms with Gasteiger partial charge in [0.15, 0.2) is 24.2 Å². The van der Waals surface area contributed by atoms with Gasteiger partial charge in [0, 0.05) is 23.7 Å². The average molecular weight is 510 g/mol. The molecule has 0 bridgehead atoms. The summed E-state index contributed by atoms with van der Waals surface area (Å²) in [4.78, 5) is 12.8. The third-order valence-electron chi connectivity index (χ3n) is 6.35. The molecule has 3 aromatic rings. The summed E-state index contributed by atoms with van der Waals surface area (Å²) in [5.74, 6) is 1.28. The number of amides is 1. The number of hydrogen-bond acceptors (Lipinski definition) is 4. The lowest BCUT2D eigenvalue weighted by atomic mass is 10.1. The lowest BCUT2D eigenvalue weighted by molar-refractivity contribution is -0.689. The third-order valence-corrected chi connectivity index (χ3v) is 7.18. The second-order valence-electron chi connectivity index (χ2n) is 9.24. The highest BCUT2D eigenvalue weighted by Gasteiger charge is 2.15. The SMILES string of the molecule is CCCCCCCCCCOc1c(CC(=O)Nc2ccc(C[n+]3ccsc3C)cc2)cccc1OC. The van der Waals surface area contributed by atoms with E-state index in [2.05, 4.69) is 47.4 Å². The van der Waals surface area contributed by atoms with Gasteiger partial charge in [-0.25, -0.2) is 0 Å². The summed E-state index contributed by atoms with van der Waals surface area (Å²) in [6, 6.07) is 13.8. The van der Waals surface area contributed by atoms with Gasteiger partial charge in [0.1, 0.15) is 0 Å². The van der Waals surface area contributed by atoms with Crippen LogP contribution in [0.1, 0.15) is 74.4 Å². The van der Waals surface area contributed by atoms with Crippen LogP contribution < -0.4 is 19.4 Å². The molecule has 0 saturated heterocycles. The Bertz CT molecular complexity index is 1060. The Labute approximate surface area is 220 Å². The fraction of sp³-hybridized carbons (Fsp3) is 0.467. The molecule has 0 saturated carbocycles. The molecule has 5 nitrogen and oxygen atoms in total. The Morgan fingerprint density at radius 3 is 2.36 bits per heavy atom. The number of benzene rings is 2. The van der Waals surface area contributed by atoms with Crippen molar-refractivity contribution in [3.05, 3.63) is 70.2 Å². The number of para-hydroxylation sites is 1. The van der Waals surface area contributed by atoms with Crippen LogP contribution in [0.4, 0.5) is 5.69 Å². The van der Waals surface area contributed by atoms with Crippen molar-refractivity contribution >= 4 is 22.9 Å². The monoisotopic (exact) mass is 509 g/mol. The lowest BCUT2D eigenvalue weighted by Crippen LogP contribution is -2.34. The minimum Gasteiger partial charge on any atom is -0.493 e. The van der Waals surface area contributed by atoms with Gasteiger partial charge in [-0.05, 0) is 24.6 Å². The zero-order chi connectivity index (χ0) is 25.6. The number of nitrogens with one attached hydrogen (secondary N) is 1. The van der Waals surface area contributed by atoms with Gasteiger partial charge in [-0.3, -0.25) is 4.79 Å². The number of carbonyl (C=O) groups is 1. The van der Waals surface area contributed by atoms with Crippen molar-refractivity contribution < 1.29 is 18.8 Å². The topological polar surface area (TPSA) is 51.4 Å². The van der Waals surface area contributed by atoms with Gasteiger partial charge in [-0.15, -0.1) is 0 Å². The van der Waals surface area contributed by atoms with E-state index in [9.17, 15) is 4.79 Å². The van der Waals surface area contributed by atoms with Gasteiger partial charge in [-0.1, -0.05) is 87.5 Å². The van der Waals surface area contributed by atoms with Gasteiger partial charge >= 0.3 is 0 Å². The van der Waals surface area contributed by atoms with E-state index in [0.29, 0.717) is 18.1 Å². The van der Waals surface area contributed by atoms with E-state index in [4.69, 9.17) is 9.47 Å². The number of hydrogen-bond donors (Lipinski definition) is 1. The van der Waals surface area contributed by atoms with Gasteiger partial charge < -0.3 is 14.8 Å². The minimum atomic E-state index is -0.0732. The summed E-state index contributed by atoms with van der Waals surface area (Å²) < 4.78 is 13.9. The Balaban J connectivity index is 1.49. The smallest absolute Gasteiger partial charge is 0.234 e. The standard InChI is InChI=1S/C30H40N2O3S/c1-4-5-6-7-8-9-10-11-20-35-30-26(13-12-14-28(30)34-3)22-29(33)31-27-17-15-25(16-18-27)23-32-19-21-36-24(32)2/h12-19,21H,4-11,20,22-23H2,1-3H3/p+1. The van der Waals surface area contributed by atoms with Gasteiger partial charge in [-0.2, -0.15) is 4.57 Å². The summed E-state index contributed by atoms with van der Waals surface area (Å²) >= 11 is 1.74. The average Bonchev–Trinajstić information content (AvgIpc) is 3.28. The highest BCUT2D eigenvalue weighted by atomic mass is 32.1. The maximum absolute atomic E-state index is 12.8. The summed E-state index contributed by atoms with van der Waals surface area (Å²) in [5, 5.41) is 6.38. The Morgan fingerprint density at radius 2 is 1.69 bits per heavy atom. The maximum atomic E-state index is 12.8. The first kappa shape index (κ1) is 27.7. The second-order valence-corrected chi connectivity index (χ2v) is 10.3. The predicted molar refractivity (Wildman–Crippen MR) is 148 cm³/mol. The zero-order valence-electron chi connectivity index (χ0n) is 22.1. The second kappa shape index (κ2) is 15.3. The van der Waals surface area contributed by atoms with E-state index in [1.165, 1.54) is 49.1 Å². The molecule has 0 aliphatic rings. The molecular weight excluding hydrogens is 468 g/mol. The molecule has 0 spiro atoms. The number of anilines is 1. The van der Waals surface area contributed by atoms with Crippen molar-refractivity contribution in [3.63, 3.8) is 0 Å². The molecule has 0 unspecified atom stereocenters. The molecule has 1 N–H and O–H groups in total. The number of unbranched alkanes of at least 4 members (excludes halogenated alkanes) is 7. The van der Waals surface area contributed by atoms with Gasteiger partial charge in [0.05, 0.1) is 25.5 Å². The van der Waals surface area contributed by atoms with E-state index in [1.54, 1.807) is 18.4 Å². The molecule has 0 fully saturated rings. The fourth-order valence-corrected chi connectivity index (χ4v) is 4.91. The van der Waals surface area contributed by atoms with E-state index in [0.717, 1.165) is 30.6 Å². The predicted octanol–water partition coefficient (Wildman–Crippen LogP) is 7.10. The number of rotatable bonds is 16. The normalized spacial score (nSPS) is 10.9. The molecule has 2 aromatic carbocycles. The van der Waals surface area contributed by atoms with E-state index in [-0.39, 0.29) is 12.3 Å². The lowest BCUT2D eigenvalue weighted by Gasteiger charge is -2.15. The van der Waals surface area contributed by atoms with Crippen LogP contribution in [-0.2, 0) is 17.8 Å². The molecule has 36 heavy (non-hydrogen) atoms. The van der Waals surface area contributed by atoms with Crippen molar-refractivity contribution in [1.29, 1.82) is 0 Å². The molecule has 1 heterocycles. The van der Waals surface area contributed by atoms with E-state index < -0.39 is 0 Å². The molecule has 1 amide bonds. The van der Waals surface area contributed by atoms with Gasteiger partial charge in [0.2, 0.25) is 10.9 Å². The van der Waals surface area contributed by atoms with Crippen molar-refractivity contribution in [2.24, 2.45) is 0 Å². The quantitative estimate of drug-likeness (QED) is 0.165. The first-order chi connectivity index (χ1) is 17.6. The van der Waals surface area contributed by atoms with E-state index in [1.807, 2.05) is 30.3 Å². The molecule has 0 aliphatic carbocycles. The van der Waals surface area contributed by atoms with Crippen molar-refractivity contribution in [1.82, 2.24) is 0 Å². The van der Waals surface area contributed by atoms with Crippen molar-refractivity contribution in [2.45, 2.75) is 78.2 Å². The number of nitrogens with zero attached hydrogens (tertiary/aromatic N) is 1. The number of aromatic nitrogens is 1. The summed E-state index contributed by atoms with van der Waals surface area (Å²) in [6.07, 6.45) is 12.3. The van der Waals surface area contributed by atoms with Crippen molar-refractivity contribution in [3.8, 4) is 11.5 Å². The Morgan fingerprint density at radius 1 is 0.972 bits per heavy atom. The number of ether oxygens (including phenoxy) is 2. The summed E-state index contributed by atoms with van der Waals surface area (Å²) in [7, 11) is 1.64. The first-order valence-electron chi connectivity index (χ1n) is 13.2. The highest BCUT2D eigenvalue weighted by Crippen LogP contribution is 2.32. The van der Waals surface area contributed by atoms with Gasteiger partial charge in [0.25, 0.3) is 0 Å². The third kappa shape index (κ3) is 8.98. The molecule has 0 aliphatic heterocycles. The maximum Gasteiger partial charge on any atom is 0.234 e. The molecule has 3 rings (SSSR count). The van der Waals surface area contributed by atoms with Crippen molar-refractivity contribution in [2.75, 3.05) is 19.0 Å². The molecule has 194 valence electrons. The van der Waals surface area contributed by atoms with Crippen LogP contribution in [0.15, 0.2) is 54.0 Å². The minimum absolute atomic E-state index is 0.0732. The number of methoxy groups -OCH3 is 1. The Hall–Kier alpha value is -2.86. The Kier molecular flexibility index (Phi) is 11.8. The van der Waals surface area contributed by atoms with Crippen LogP contribution in [0.2, 0.25) is 0 Å². The number of thiazole rings is 1. The largest absolute Gasteiger partial charge is 0.493 e. The van der Waals surface area contributed by atoms with Crippen LogP contribution in [-0.4, -0.2) is 19.6 Å². The van der Waals surface area contributed by atoms with Crippen LogP contribution in [0.5, 0.6) is 11.5 Å². The van der Waals surface area contributed by atoms with Crippen LogP contribution in [0.3, 0.4) is 0 Å². The molecule has 1 aromatic heterocycles. The fourth-order valence-electron chi connectivity index (χ4n) is 4.24. The first-order valence-corrected chi connectivity index (χ1v) is 14.1. The van der Waals surface area contributed by atoms with Crippen LogP contribution >= 0.6 is 11.3 Å². The molecule has 0 radical (unpaired) electrons. The number of carbonyl (C=O) groups excluding carboxylic acids is 1. The van der Waals surface area contributed by atoms with E-state index >= 15 is 0 Å². The zero-order valence-corrected chi connectivity index (χ0v) is 22.9. The van der Waals surface area contributed by atoms with Crippen LogP contribution in [0.25, 0.3) is 0 Å². The molecule has 6 heteroatoms. The van der Waals surface area contributed by atoms with Crippen LogP contribution in [0, 0.1) is 6.92 Å². The summed E-state index contributed by atoms with van der Waals surface area (Å²) in [6.45, 7) is 5.82. The highest BCUT2D eigenvalue weighted by molar-refractivity contribution is 7.09. The summed E-state index contributed by atoms with van der Waals surface area (Å²) in [5.41, 5.74) is 2.83. The molecular formula is C30H41N2O3S+.